The predicted octanol–water partition coefficient (Wildman–Crippen LogP) is 3.00. The van der Waals surface area contributed by atoms with Crippen molar-refractivity contribution in [2.45, 2.75) is 26.7 Å². The number of hydrogen-bond acceptors (Lipinski definition) is 5. The van der Waals surface area contributed by atoms with E-state index in [1.807, 2.05) is 12.1 Å². The molecule has 0 radical (unpaired) electrons. The van der Waals surface area contributed by atoms with Gasteiger partial charge in [0.1, 0.15) is 0 Å². The van der Waals surface area contributed by atoms with E-state index in [-0.39, 0.29) is 0 Å². The lowest BCUT2D eigenvalue weighted by Gasteiger charge is -2.07. The Labute approximate surface area is 113 Å². The molecule has 0 aliphatic rings. The molecule has 0 aliphatic carbocycles. The molecule has 2 rings (SSSR count). The van der Waals surface area contributed by atoms with Crippen molar-refractivity contribution in [3.63, 3.8) is 0 Å². The van der Waals surface area contributed by atoms with Crippen molar-refractivity contribution >= 4 is 17.5 Å². The summed E-state index contributed by atoms with van der Waals surface area (Å²) in [5.41, 5.74) is 2.27. The molecule has 0 atom stereocenters. The van der Waals surface area contributed by atoms with Crippen molar-refractivity contribution in [1.29, 1.82) is 0 Å². The zero-order valence-electron chi connectivity index (χ0n) is 11.3. The summed E-state index contributed by atoms with van der Waals surface area (Å²) in [4.78, 5) is 4.35. The fraction of sp³-hybridized carbons (Fsp3) is 0.357. The first-order valence-electron chi connectivity index (χ1n) is 6.61. The first kappa shape index (κ1) is 13.3. The smallest absolute Gasteiger partial charge is 0.249 e. The van der Waals surface area contributed by atoms with E-state index < -0.39 is 0 Å². The molecule has 5 heteroatoms. The lowest BCUT2D eigenvalue weighted by atomic mass is 10.1. The largest absolute Gasteiger partial charge is 0.369 e. The molecule has 2 N–H and O–H groups in total. The number of hydrogen-bond donors (Lipinski definition) is 2. The lowest BCUT2D eigenvalue weighted by Crippen LogP contribution is -2.06. The van der Waals surface area contributed by atoms with Crippen LogP contribution in [0.5, 0.6) is 0 Å². The number of aromatic nitrogens is 3. The zero-order chi connectivity index (χ0) is 13.5. The van der Waals surface area contributed by atoms with Gasteiger partial charge in [-0.2, -0.15) is 10.1 Å². The summed E-state index contributed by atoms with van der Waals surface area (Å²) in [7, 11) is 0. The fourth-order valence-corrected chi connectivity index (χ4v) is 1.65. The number of nitrogens with one attached hydrogen (secondary N) is 2. The van der Waals surface area contributed by atoms with Gasteiger partial charge < -0.3 is 10.6 Å². The van der Waals surface area contributed by atoms with E-state index in [0.29, 0.717) is 5.95 Å². The summed E-state index contributed by atoms with van der Waals surface area (Å²) in [5.74, 6) is 1.25. The van der Waals surface area contributed by atoms with Gasteiger partial charge >= 0.3 is 0 Å². The Morgan fingerprint density at radius 3 is 2.58 bits per heavy atom. The van der Waals surface area contributed by atoms with Gasteiger partial charge in [0.15, 0.2) is 5.82 Å². The SMILES string of the molecule is CCCNc1cnnc(Nc2ccc(CC)cc2)n1. The van der Waals surface area contributed by atoms with Crippen molar-refractivity contribution in [3.8, 4) is 0 Å². The van der Waals surface area contributed by atoms with Crippen LogP contribution in [0.3, 0.4) is 0 Å². The van der Waals surface area contributed by atoms with Crippen LogP contribution < -0.4 is 10.6 Å². The number of benzene rings is 1. The number of anilines is 3. The average Bonchev–Trinajstić information content (AvgIpc) is 2.46. The van der Waals surface area contributed by atoms with Gasteiger partial charge in [-0.1, -0.05) is 26.0 Å². The van der Waals surface area contributed by atoms with E-state index >= 15 is 0 Å². The van der Waals surface area contributed by atoms with Crippen molar-refractivity contribution in [2.75, 3.05) is 17.2 Å². The van der Waals surface area contributed by atoms with Crippen LogP contribution in [-0.2, 0) is 6.42 Å². The van der Waals surface area contributed by atoms with Gasteiger partial charge in [-0.15, -0.1) is 5.10 Å². The molecule has 0 spiro atoms. The molecule has 0 saturated carbocycles. The van der Waals surface area contributed by atoms with Gasteiger partial charge in [0.25, 0.3) is 0 Å². The van der Waals surface area contributed by atoms with Gasteiger partial charge in [0.05, 0.1) is 6.20 Å². The Kier molecular flexibility index (Phi) is 4.66. The van der Waals surface area contributed by atoms with Crippen LogP contribution in [0.1, 0.15) is 25.8 Å². The van der Waals surface area contributed by atoms with E-state index in [0.717, 1.165) is 30.9 Å². The summed E-state index contributed by atoms with van der Waals surface area (Å²) in [5, 5.41) is 14.2. The second-order valence-corrected chi connectivity index (χ2v) is 4.27. The number of rotatable bonds is 6. The van der Waals surface area contributed by atoms with Gasteiger partial charge in [-0.3, -0.25) is 0 Å². The quantitative estimate of drug-likeness (QED) is 0.833. The summed E-state index contributed by atoms with van der Waals surface area (Å²) >= 11 is 0. The maximum atomic E-state index is 4.35. The lowest BCUT2D eigenvalue weighted by molar-refractivity contribution is 0.935. The standard InChI is InChI=1S/C14H19N5/c1-3-9-15-13-10-16-19-14(18-13)17-12-7-5-11(4-2)6-8-12/h5-8,10H,3-4,9H2,1-2H3,(H2,15,17,18,19). The summed E-state index contributed by atoms with van der Waals surface area (Å²) in [6, 6.07) is 8.23. The molecular weight excluding hydrogens is 238 g/mol. The second-order valence-electron chi connectivity index (χ2n) is 4.27. The van der Waals surface area contributed by atoms with Crippen LogP contribution >= 0.6 is 0 Å². The van der Waals surface area contributed by atoms with E-state index in [4.69, 9.17) is 0 Å². The summed E-state index contributed by atoms with van der Waals surface area (Å²) in [6.07, 6.45) is 3.71. The molecule has 19 heavy (non-hydrogen) atoms. The third-order valence-corrected chi connectivity index (χ3v) is 2.73. The predicted molar refractivity (Wildman–Crippen MR) is 77.7 cm³/mol. The normalized spacial score (nSPS) is 10.2. The number of aryl methyl sites for hydroxylation is 1. The summed E-state index contributed by atoms with van der Waals surface area (Å²) in [6.45, 7) is 5.12. The van der Waals surface area contributed by atoms with Crippen molar-refractivity contribution < 1.29 is 0 Å². The van der Waals surface area contributed by atoms with Gasteiger partial charge in [0.2, 0.25) is 5.95 Å². The molecule has 0 saturated heterocycles. The monoisotopic (exact) mass is 257 g/mol. The molecule has 0 bridgehead atoms. The van der Waals surface area contributed by atoms with Crippen LogP contribution in [0.2, 0.25) is 0 Å². The molecule has 1 aromatic heterocycles. The van der Waals surface area contributed by atoms with Crippen molar-refractivity contribution in [1.82, 2.24) is 15.2 Å². The van der Waals surface area contributed by atoms with E-state index in [1.54, 1.807) is 6.20 Å². The molecule has 1 aromatic carbocycles. The maximum absolute atomic E-state index is 4.35. The molecule has 0 aliphatic heterocycles. The Morgan fingerprint density at radius 1 is 1.11 bits per heavy atom. The number of nitrogens with zero attached hydrogens (tertiary/aromatic N) is 3. The molecule has 0 amide bonds. The van der Waals surface area contributed by atoms with Crippen molar-refractivity contribution in [2.24, 2.45) is 0 Å². The van der Waals surface area contributed by atoms with E-state index in [2.05, 4.69) is 51.8 Å². The van der Waals surface area contributed by atoms with Gasteiger partial charge in [-0.05, 0) is 30.5 Å². The Balaban J connectivity index is 2.05. The van der Waals surface area contributed by atoms with E-state index in [9.17, 15) is 0 Å². The van der Waals surface area contributed by atoms with Crippen LogP contribution in [-0.4, -0.2) is 21.7 Å². The third kappa shape index (κ3) is 3.91. The highest BCUT2D eigenvalue weighted by atomic mass is 15.3. The molecule has 5 nitrogen and oxygen atoms in total. The third-order valence-electron chi connectivity index (χ3n) is 2.73. The van der Waals surface area contributed by atoms with Crippen LogP contribution in [0.25, 0.3) is 0 Å². The summed E-state index contributed by atoms with van der Waals surface area (Å²) < 4.78 is 0. The van der Waals surface area contributed by atoms with Gasteiger partial charge in [-0.25, -0.2) is 0 Å². The molecular formula is C14H19N5. The fourth-order valence-electron chi connectivity index (χ4n) is 1.65. The molecule has 1 heterocycles. The zero-order valence-corrected chi connectivity index (χ0v) is 11.3. The minimum absolute atomic E-state index is 0.505. The van der Waals surface area contributed by atoms with Gasteiger partial charge in [0, 0.05) is 12.2 Å². The first-order valence-corrected chi connectivity index (χ1v) is 6.61. The minimum atomic E-state index is 0.505. The van der Waals surface area contributed by atoms with Crippen LogP contribution in [0.4, 0.5) is 17.5 Å². The maximum Gasteiger partial charge on any atom is 0.249 e. The minimum Gasteiger partial charge on any atom is -0.369 e. The molecule has 2 aromatic rings. The topological polar surface area (TPSA) is 62.7 Å². The highest BCUT2D eigenvalue weighted by molar-refractivity contribution is 5.54. The van der Waals surface area contributed by atoms with Crippen LogP contribution in [0, 0.1) is 0 Å². The average molecular weight is 257 g/mol. The molecule has 0 fully saturated rings. The Hall–Kier alpha value is -2.17. The first-order chi connectivity index (χ1) is 9.31. The highest BCUT2D eigenvalue weighted by Gasteiger charge is 2.00. The Bertz CT molecular complexity index is 509. The van der Waals surface area contributed by atoms with Crippen LogP contribution in [0.15, 0.2) is 30.5 Å². The Morgan fingerprint density at radius 2 is 1.89 bits per heavy atom. The highest BCUT2D eigenvalue weighted by Crippen LogP contribution is 2.14. The molecule has 100 valence electrons. The second kappa shape index (κ2) is 6.68. The van der Waals surface area contributed by atoms with E-state index in [1.165, 1.54) is 5.56 Å². The molecule has 0 unspecified atom stereocenters. The van der Waals surface area contributed by atoms with Crippen molar-refractivity contribution in [3.05, 3.63) is 36.0 Å².